The van der Waals surface area contributed by atoms with Crippen molar-refractivity contribution in [1.29, 1.82) is 0 Å². The lowest BCUT2D eigenvalue weighted by molar-refractivity contribution is -0.150. The molecule has 0 radical (unpaired) electrons. The monoisotopic (exact) mass is 419 g/mol. The maximum Gasteiger partial charge on any atom is 0.408 e. The lowest BCUT2D eigenvalue weighted by atomic mass is 10.1. The van der Waals surface area contributed by atoms with Gasteiger partial charge in [0.1, 0.15) is 12.6 Å². The number of hydrogen-bond donors (Lipinski definition) is 2. The number of amides is 2. The smallest absolute Gasteiger partial charge is 0.408 e. The molecule has 0 fully saturated rings. The molecule has 0 unspecified atom stereocenters. The van der Waals surface area contributed by atoms with Gasteiger partial charge >= 0.3 is 12.1 Å². The zero-order valence-corrected chi connectivity index (χ0v) is 16.8. The van der Waals surface area contributed by atoms with E-state index in [9.17, 15) is 14.4 Å². The first kappa shape index (κ1) is 22.2. The van der Waals surface area contributed by atoms with Crippen molar-refractivity contribution in [3.05, 3.63) is 59.4 Å². The van der Waals surface area contributed by atoms with Crippen molar-refractivity contribution in [2.45, 2.75) is 26.5 Å². The van der Waals surface area contributed by atoms with Crippen LogP contribution in [0.1, 0.15) is 19.4 Å². The molecule has 2 amide bonds. The van der Waals surface area contributed by atoms with E-state index < -0.39 is 30.6 Å². The fraction of sp³-hybridized carbons (Fsp3) is 0.300. The van der Waals surface area contributed by atoms with E-state index in [4.69, 9.17) is 21.1 Å². The maximum atomic E-state index is 12.3. The number of pyridine rings is 1. The third kappa shape index (κ3) is 7.42. The lowest BCUT2D eigenvalue weighted by Crippen LogP contribution is -2.46. The number of esters is 1. The lowest BCUT2D eigenvalue weighted by Gasteiger charge is -2.20. The van der Waals surface area contributed by atoms with E-state index >= 15 is 0 Å². The summed E-state index contributed by atoms with van der Waals surface area (Å²) in [6, 6.07) is 11.3. The summed E-state index contributed by atoms with van der Waals surface area (Å²) in [7, 11) is 0. The van der Waals surface area contributed by atoms with E-state index in [0.29, 0.717) is 5.69 Å². The van der Waals surface area contributed by atoms with Crippen molar-refractivity contribution < 1.29 is 23.9 Å². The first-order chi connectivity index (χ1) is 13.9. The second-order valence-corrected chi connectivity index (χ2v) is 6.78. The topological polar surface area (TPSA) is 107 Å². The largest absolute Gasteiger partial charge is 0.454 e. The number of nitrogens with one attached hydrogen (secondary N) is 2. The van der Waals surface area contributed by atoms with Gasteiger partial charge in [0.25, 0.3) is 5.91 Å². The number of benzene rings is 1. The van der Waals surface area contributed by atoms with Crippen molar-refractivity contribution >= 4 is 35.3 Å². The first-order valence-corrected chi connectivity index (χ1v) is 9.29. The minimum Gasteiger partial charge on any atom is -0.454 e. The molecule has 29 heavy (non-hydrogen) atoms. The highest BCUT2D eigenvalue weighted by Crippen LogP contribution is 2.17. The van der Waals surface area contributed by atoms with Gasteiger partial charge in [0.05, 0.1) is 5.69 Å². The highest BCUT2D eigenvalue weighted by molar-refractivity contribution is 6.32. The number of rotatable bonds is 8. The molecule has 9 heteroatoms. The summed E-state index contributed by atoms with van der Waals surface area (Å²) in [5.74, 6) is -1.60. The molecule has 2 aromatic rings. The zero-order valence-electron chi connectivity index (χ0n) is 16.1. The van der Waals surface area contributed by atoms with E-state index in [-0.39, 0.29) is 17.7 Å². The van der Waals surface area contributed by atoms with Crippen molar-refractivity contribution in [3.63, 3.8) is 0 Å². The van der Waals surface area contributed by atoms with Gasteiger partial charge in [-0.05, 0) is 23.6 Å². The van der Waals surface area contributed by atoms with Gasteiger partial charge in [-0.25, -0.2) is 14.6 Å². The molecule has 2 N–H and O–H groups in total. The number of halogens is 1. The SMILES string of the molecule is CC(C)[C@@H](NC(=O)OCc1ccccc1)C(=O)OCC(=O)Nc1cccnc1Cl. The van der Waals surface area contributed by atoms with Crippen molar-refractivity contribution in [2.75, 3.05) is 11.9 Å². The second kappa shape index (κ2) is 11.0. The minimum atomic E-state index is -0.965. The number of anilines is 1. The molecule has 0 aliphatic rings. The molecule has 1 heterocycles. The quantitative estimate of drug-likeness (QED) is 0.502. The van der Waals surface area contributed by atoms with Crippen LogP contribution in [-0.2, 0) is 25.7 Å². The molecule has 1 aromatic carbocycles. The molecular formula is C20H22ClN3O5. The Kier molecular flexibility index (Phi) is 8.42. The predicted octanol–water partition coefficient (Wildman–Crippen LogP) is 3.17. The Hall–Kier alpha value is -3.13. The first-order valence-electron chi connectivity index (χ1n) is 8.91. The predicted molar refractivity (Wildman–Crippen MR) is 107 cm³/mol. The molecule has 1 atom stereocenters. The van der Waals surface area contributed by atoms with Gasteiger partial charge in [-0.3, -0.25) is 4.79 Å². The summed E-state index contributed by atoms with van der Waals surface area (Å²) in [6.07, 6.45) is 0.726. The number of hydrogen-bond acceptors (Lipinski definition) is 6. The molecule has 8 nitrogen and oxygen atoms in total. The molecule has 0 saturated heterocycles. The number of ether oxygens (including phenoxy) is 2. The van der Waals surface area contributed by atoms with Crippen LogP contribution in [0.2, 0.25) is 5.15 Å². The normalized spacial score (nSPS) is 11.4. The van der Waals surface area contributed by atoms with E-state index in [2.05, 4.69) is 15.6 Å². The number of carbonyl (C=O) groups is 3. The van der Waals surface area contributed by atoms with E-state index in [1.165, 1.54) is 6.20 Å². The Bertz CT molecular complexity index is 845. The molecule has 1 aromatic heterocycles. The number of aromatic nitrogens is 1. The Morgan fingerprint density at radius 3 is 2.45 bits per heavy atom. The van der Waals surface area contributed by atoms with Gasteiger partial charge in [-0.1, -0.05) is 55.8 Å². The molecule has 154 valence electrons. The summed E-state index contributed by atoms with van der Waals surface area (Å²) in [4.78, 5) is 40.1. The minimum absolute atomic E-state index is 0.0703. The molecule has 0 aliphatic carbocycles. The molecule has 0 aliphatic heterocycles. The number of carbonyl (C=O) groups excluding carboxylic acids is 3. The Morgan fingerprint density at radius 2 is 1.79 bits per heavy atom. The van der Waals surface area contributed by atoms with E-state index in [1.807, 2.05) is 30.3 Å². The van der Waals surface area contributed by atoms with Crippen molar-refractivity contribution in [3.8, 4) is 0 Å². The summed E-state index contributed by atoms with van der Waals surface area (Å²) in [5, 5.41) is 5.08. The van der Waals surface area contributed by atoms with Gasteiger partial charge in [-0.2, -0.15) is 0 Å². The Balaban J connectivity index is 1.82. The number of nitrogens with zero attached hydrogens (tertiary/aromatic N) is 1. The van der Waals surface area contributed by atoms with Gasteiger partial charge < -0.3 is 20.1 Å². The highest BCUT2D eigenvalue weighted by atomic mass is 35.5. The van der Waals surface area contributed by atoms with Crippen molar-refractivity contribution in [2.24, 2.45) is 5.92 Å². The molecule has 2 rings (SSSR count). The van der Waals surface area contributed by atoms with Gasteiger partial charge in [-0.15, -0.1) is 0 Å². The third-order valence-corrected chi connectivity index (χ3v) is 4.09. The highest BCUT2D eigenvalue weighted by Gasteiger charge is 2.27. The van der Waals surface area contributed by atoms with Crippen LogP contribution in [0.5, 0.6) is 0 Å². The van der Waals surface area contributed by atoms with Gasteiger partial charge in [0.2, 0.25) is 0 Å². The molecular weight excluding hydrogens is 398 g/mol. The maximum absolute atomic E-state index is 12.3. The summed E-state index contributed by atoms with van der Waals surface area (Å²) in [5.41, 5.74) is 1.12. The number of alkyl carbamates (subject to hydrolysis) is 1. The summed E-state index contributed by atoms with van der Waals surface area (Å²) >= 11 is 5.86. The van der Waals surface area contributed by atoms with Gasteiger partial charge in [0.15, 0.2) is 11.8 Å². The van der Waals surface area contributed by atoms with E-state index in [1.54, 1.807) is 26.0 Å². The van der Waals surface area contributed by atoms with Gasteiger partial charge in [0, 0.05) is 6.20 Å². The van der Waals surface area contributed by atoms with Crippen LogP contribution in [0.25, 0.3) is 0 Å². The van der Waals surface area contributed by atoms with Crippen LogP contribution >= 0.6 is 11.6 Å². The summed E-state index contributed by atoms with van der Waals surface area (Å²) in [6.45, 7) is 3.01. The van der Waals surface area contributed by atoms with Crippen LogP contribution in [0.15, 0.2) is 48.7 Å². The average Bonchev–Trinajstić information content (AvgIpc) is 2.71. The Labute approximate surface area is 173 Å². The van der Waals surface area contributed by atoms with Crippen LogP contribution in [0.4, 0.5) is 10.5 Å². The van der Waals surface area contributed by atoms with Crippen LogP contribution in [0, 0.1) is 5.92 Å². The second-order valence-electron chi connectivity index (χ2n) is 6.43. The molecule has 0 spiro atoms. The Morgan fingerprint density at radius 1 is 1.07 bits per heavy atom. The fourth-order valence-electron chi connectivity index (χ4n) is 2.28. The van der Waals surface area contributed by atoms with Crippen LogP contribution in [-0.4, -0.2) is 35.6 Å². The standard InChI is InChI=1S/C20H22ClN3O5/c1-13(2)17(24-20(27)29-11-14-7-4-3-5-8-14)19(26)28-12-16(25)23-15-9-6-10-22-18(15)21/h3-10,13,17H,11-12H2,1-2H3,(H,23,25)(H,24,27)/t17-/m1/s1. The van der Waals surface area contributed by atoms with Crippen LogP contribution in [0.3, 0.4) is 0 Å². The molecule has 0 saturated carbocycles. The summed E-state index contributed by atoms with van der Waals surface area (Å²) < 4.78 is 10.1. The zero-order chi connectivity index (χ0) is 21.2. The third-order valence-electron chi connectivity index (χ3n) is 3.79. The molecule has 0 bridgehead atoms. The van der Waals surface area contributed by atoms with Crippen LogP contribution < -0.4 is 10.6 Å². The van der Waals surface area contributed by atoms with E-state index in [0.717, 1.165) is 5.56 Å². The fourth-order valence-corrected chi connectivity index (χ4v) is 2.45. The van der Waals surface area contributed by atoms with Crippen molar-refractivity contribution in [1.82, 2.24) is 10.3 Å². The average molecular weight is 420 g/mol.